The molecule has 0 aromatic heterocycles. The molecule has 5 nitrogen and oxygen atoms in total. The Kier molecular flexibility index (Phi) is 4.73. The summed E-state index contributed by atoms with van der Waals surface area (Å²) >= 11 is 0. The first-order valence-electron chi connectivity index (χ1n) is 7.54. The highest BCUT2D eigenvalue weighted by Crippen LogP contribution is 2.23. The maximum Gasteiger partial charge on any atom is 0.254 e. The van der Waals surface area contributed by atoms with Crippen LogP contribution in [0.2, 0.25) is 0 Å². The van der Waals surface area contributed by atoms with Crippen LogP contribution in [0.25, 0.3) is 0 Å². The highest BCUT2D eigenvalue weighted by molar-refractivity contribution is 5.96. The summed E-state index contributed by atoms with van der Waals surface area (Å²) in [6.45, 7) is 7.87. The third kappa shape index (κ3) is 3.29. The van der Waals surface area contributed by atoms with Gasteiger partial charge in [0.25, 0.3) is 5.91 Å². The van der Waals surface area contributed by atoms with Gasteiger partial charge in [-0.2, -0.15) is 0 Å². The second-order valence-corrected chi connectivity index (χ2v) is 5.90. The second-order valence-electron chi connectivity index (χ2n) is 5.90. The van der Waals surface area contributed by atoms with Gasteiger partial charge in [-0.1, -0.05) is 6.92 Å². The van der Waals surface area contributed by atoms with Crippen molar-refractivity contribution in [2.45, 2.75) is 19.9 Å². The third-order valence-electron chi connectivity index (χ3n) is 4.21. The third-order valence-corrected chi connectivity index (χ3v) is 4.21. The van der Waals surface area contributed by atoms with E-state index in [1.165, 1.54) is 0 Å². The first-order chi connectivity index (χ1) is 9.93. The first kappa shape index (κ1) is 15.6. The van der Waals surface area contributed by atoms with Gasteiger partial charge in [0.15, 0.2) is 0 Å². The lowest BCUT2D eigenvalue weighted by molar-refractivity contribution is 0.0528. The molecule has 2 N–H and O–H groups in total. The monoisotopic (exact) mass is 290 g/mol. The minimum absolute atomic E-state index is 0.0783. The normalized spacial score (nSPS) is 19.6. The average molecular weight is 290 g/mol. The number of hydrogen-bond acceptors (Lipinski definition) is 4. The minimum atomic E-state index is 0.0783. The van der Waals surface area contributed by atoms with Crippen molar-refractivity contribution in [3.05, 3.63) is 23.8 Å². The summed E-state index contributed by atoms with van der Waals surface area (Å²) in [6.07, 6.45) is 0. The smallest absolute Gasteiger partial charge is 0.254 e. The zero-order valence-corrected chi connectivity index (χ0v) is 13.5. The number of piperazine rings is 1. The lowest BCUT2D eigenvalue weighted by atomic mass is 10.1. The fourth-order valence-corrected chi connectivity index (χ4v) is 2.93. The fraction of sp³-hybridized carbons (Fsp3) is 0.562. The van der Waals surface area contributed by atoms with Gasteiger partial charge >= 0.3 is 0 Å². The molecule has 1 aliphatic heterocycles. The molecule has 0 spiro atoms. The van der Waals surface area contributed by atoms with Gasteiger partial charge in [0.05, 0.1) is 11.4 Å². The highest BCUT2D eigenvalue weighted by Gasteiger charge is 2.26. The lowest BCUT2D eigenvalue weighted by Gasteiger charge is -2.39. The van der Waals surface area contributed by atoms with Crippen LogP contribution in [0.3, 0.4) is 0 Å². The molecule has 21 heavy (non-hydrogen) atoms. The van der Waals surface area contributed by atoms with Crippen LogP contribution in [0, 0.1) is 0 Å². The summed E-state index contributed by atoms with van der Waals surface area (Å²) in [6, 6.07) is 5.97. The van der Waals surface area contributed by atoms with Crippen molar-refractivity contribution in [3.8, 4) is 0 Å². The molecule has 1 saturated heterocycles. The maximum atomic E-state index is 12.6. The van der Waals surface area contributed by atoms with Crippen LogP contribution in [0.5, 0.6) is 0 Å². The lowest BCUT2D eigenvalue weighted by Crippen LogP contribution is -2.53. The summed E-state index contributed by atoms with van der Waals surface area (Å²) in [4.78, 5) is 18.9. The van der Waals surface area contributed by atoms with Crippen LogP contribution < -0.4 is 10.6 Å². The quantitative estimate of drug-likeness (QED) is 0.857. The van der Waals surface area contributed by atoms with Crippen molar-refractivity contribution in [2.75, 3.05) is 50.9 Å². The van der Waals surface area contributed by atoms with Crippen LogP contribution >= 0.6 is 0 Å². The summed E-state index contributed by atoms with van der Waals surface area (Å²) < 4.78 is 0. The van der Waals surface area contributed by atoms with E-state index in [4.69, 9.17) is 5.73 Å². The predicted molar refractivity (Wildman–Crippen MR) is 87.8 cm³/mol. The van der Waals surface area contributed by atoms with E-state index in [-0.39, 0.29) is 5.91 Å². The molecule has 2 rings (SSSR count). The molecule has 1 unspecified atom stereocenters. The standard InChI is InChI=1S/C16H26N4O/c1-5-19-8-9-20(11-12(19)2)16(21)13-6-7-15(18(3)4)14(17)10-13/h6-7,10,12H,5,8-9,11,17H2,1-4H3. The molecular formula is C16H26N4O. The number of amides is 1. The Bertz CT molecular complexity index is 515. The topological polar surface area (TPSA) is 52.8 Å². The molecule has 1 aromatic carbocycles. The predicted octanol–water partition coefficient (Wildman–Crippen LogP) is 1.50. The number of nitrogen functional groups attached to an aromatic ring is 1. The molecular weight excluding hydrogens is 264 g/mol. The van der Waals surface area contributed by atoms with Crippen molar-refractivity contribution in [1.29, 1.82) is 0 Å². The summed E-state index contributed by atoms with van der Waals surface area (Å²) in [5.74, 6) is 0.0783. The van der Waals surface area contributed by atoms with E-state index in [0.29, 0.717) is 17.3 Å². The number of carbonyl (C=O) groups is 1. The SMILES string of the molecule is CCN1CCN(C(=O)c2ccc(N(C)C)c(N)c2)CC1C. The average Bonchev–Trinajstić information content (AvgIpc) is 2.45. The Balaban J connectivity index is 2.12. The van der Waals surface area contributed by atoms with Gasteiger partial charge in [0, 0.05) is 45.3 Å². The Hall–Kier alpha value is -1.75. The summed E-state index contributed by atoms with van der Waals surface area (Å²) in [7, 11) is 3.89. The maximum absolute atomic E-state index is 12.6. The molecule has 1 amide bonds. The molecule has 116 valence electrons. The zero-order chi connectivity index (χ0) is 15.6. The van der Waals surface area contributed by atoms with E-state index in [2.05, 4.69) is 18.7 Å². The molecule has 0 aliphatic carbocycles. The number of rotatable bonds is 3. The van der Waals surface area contributed by atoms with E-state index in [0.717, 1.165) is 31.9 Å². The molecule has 1 aliphatic rings. The van der Waals surface area contributed by atoms with E-state index in [1.54, 1.807) is 6.07 Å². The molecule has 1 fully saturated rings. The number of anilines is 2. The molecule has 1 aromatic rings. The molecule has 0 bridgehead atoms. The van der Waals surface area contributed by atoms with Crippen LogP contribution in [0.1, 0.15) is 24.2 Å². The Morgan fingerprint density at radius 1 is 1.38 bits per heavy atom. The summed E-state index contributed by atoms with van der Waals surface area (Å²) in [5.41, 5.74) is 8.30. The van der Waals surface area contributed by atoms with Crippen LogP contribution in [0.15, 0.2) is 18.2 Å². The van der Waals surface area contributed by atoms with E-state index >= 15 is 0 Å². The van der Waals surface area contributed by atoms with Gasteiger partial charge in [0.1, 0.15) is 0 Å². The van der Waals surface area contributed by atoms with Crippen molar-refractivity contribution >= 4 is 17.3 Å². The van der Waals surface area contributed by atoms with Gasteiger partial charge in [-0.3, -0.25) is 9.69 Å². The van der Waals surface area contributed by atoms with Crippen molar-refractivity contribution in [1.82, 2.24) is 9.80 Å². The van der Waals surface area contributed by atoms with E-state index < -0.39 is 0 Å². The van der Waals surface area contributed by atoms with Gasteiger partial charge < -0.3 is 15.5 Å². The number of likely N-dealkylation sites (N-methyl/N-ethyl adjacent to an activating group) is 1. The second kappa shape index (κ2) is 6.35. The largest absolute Gasteiger partial charge is 0.397 e. The summed E-state index contributed by atoms with van der Waals surface area (Å²) in [5, 5.41) is 0. The number of nitrogens with zero attached hydrogens (tertiary/aromatic N) is 3. The van der Waals surface area contributed by atoms with Crippen LogP contribution in [-0.4, -0.2) is 62.0 Å². The molecule has 0 saturated carbocycles. The van der Waals surface area contributed by atoms with Crippen molar-refractivity contribution < 1.29 is 4.79 Å². The van der Waals surface area contributed by atoms with Crippen molar-refractivity contribution in [3.63, 3.8) is 0 Å². The zero-order valence-electron chi connectivity index (χ0n) is 13.5. The highest BCUT2D eigenvalue weighted by atomic mass is 16.2. The van der Waals surface area contributed by atoms with Crippen molar-refractivity contribution in [2.24, 2.45) is 0 Å². The Morgan fingerprint density at radius 2 is 2.10 bits per heavy atom. The van der Waals surface area contributed by atoms with Gasteiger partial charge in [-0.05, 0) is 31.7 Å². The van der Waals surface area contributed by atoms with Gasteiger partial charge in [0.2, 0.25) is 0 Å². The Labute approximate surface area is 127 Å². The van der Waals surface area contributed by atoms with Gasteiger partial charge in [-0.25, -0.2) is 0 Å². The fourth-order valence-electron chi connectivity index (χ4n) is 2.93. The van der Waals surface area contributed by atoms with Crippen LogP contribution in [-0.2, 0) is 0 Å². The van der Waals surface area contributed by atoms with Gasteiger partial charge in [-0.15, -0.1) is 0 Å². The molecule has 5 heteroatoms. The minimum Gasteiger partial charge on any atom is -0.397 e. The van der Waals surface area contributed by atoms with Crippen LogP contribution in [0.4, 0.5) is 11.4 Å². The number of hydrogen-bond donors (Lipinski definition) is 1. The number of carbonyl (C=O) groups excluding carboxylic acids is 1. The number of benzene rings is 1. The first-order valence-corrected chi connectivity index (χ1v) is 7.54. The molecule has 1 heterocycles. The number of nitrogens with two attached hydrogens (primary N) is 1. The van der Waals surface area contributed by atoms with E-state index in [1.807, 2.05) is 36.0 Å². The molecule has 1 atom stereocenters. The van der Waals surface area contributed by atoms with E-state index in [9.17, 15) is 4.79 Å². The molecule has 0 radical (unpaired) electrons. The Morgan fingerprint density at radius 3 is 2.62 bits per heavy atom.